The number of aliphatic imine (C=N–C) groups is 1. The second-order valence-electron chi connectivity index (χ2n) is 5.86. The van der Waals surface area contributed by atoms with Crippen molar-refractivity contribution in [2.24, 2.45) is 10.9 Å². The Morgan fingerprint density at radius 3 is 2.62 bits per heavy atom. The van der Waals surface area contributed by atoms with Gasteiger partial charge in [0.15, 0.2) is 11.0 Å². The van der Waals surface area contributed by atoms with Crippen LogP contribution in [0.1, 0.15) is 10.4 Å². The lowest BCUT2D eigenvalue weighted by atomic mass is 10.1. The van der Waals surface area contributed by atoms with Crippen LogP contribution in [-0.2, 0) is 14.3 Å². The van der Waals surface area contributed by atoms with E-state index in [0.717, 1.165) is 4.47 Å². The fourth-order valence-electron chi connectivity index (χ4n) is 2.58. The van der Waals surface area contributed by atoms with Gasteiger partial charge in [0.2, 0.25) is 5.91 Å². The zero-order chi connectivity index (χ0) is 21.1. The lowest BCUT2D eigenvalue weighted by Crippen LogP contribution is -2.58. The molecule has 0 radical (unpaired) electrons. The number of amides is 2. The van der Waals surface area contributed by atoms with E-state index >= 15 is 0 Å². The molecule has 2 aromatic rings. The predicted octanol–water partition coefficient (Wildman–Crippen LogP) is 3.66. The summed E-state index contributed by atoms with van der Waals surface area (Å²) < 4.78 is 5.50. The lowest BCUT2D eigenvalue weighted by molar-refractivity contribution is -0.130. The van der Waals surface area contributed by atoms with Crippen LogP contribution in [0, 0.1) is 5.92 Å². The van der Waals surface area contributed by atoms with Gasteiger partial charge < -0.3 is 10.1 Å². The number of hydrogen-bond donors (Lipinski definition) is 1. The Balaban J connectivity index is 1.89. The Hall–Kier alpha value is -2.62. The largest absolute Gasteiger partial charge is 0.465 e. The molecular formula is C19H13BrClN3O4S. The van der Waals surface area contributed by atoms with Gasteiger partial charge in [-0.2, -0.15) is 0 Å². The van der Waals surface area contributed by atoms with Crippen LogP contribution in [0.2, 0.25) is 5.02 Å². The number of benzene rings is 2. The van der Waals surface area contributed by atoms with Crippen molar-refractivity contribution in [2.75, 3.05) is 12.0 Å². The summed E-state index contributed by atoms with van der Waals surface area (Å²) in [4.78, 5) is 42.4. The monoisotopic (exact) mass is 493 g/mol. The molecule has 0 aromatic heterocycles. The molecule has 148 valence electrons. The van der Waals surface area contributed by atoms with Crippen LogP contribution < -0.4 is 10.2 Å². The molecule has 10 heteroatoms. The highest BCUT2D eigenvalue weighted by Gasteiger charge is 2.38. The number of nitrogens with zero attached hydrogens (tertiary/aromatic N) is 2. The minimum atomic E-state index is -1.19. The Morgan fingerprint density at radius 2 is 1.97 bits per heavy atom. The van der Waals surface area contributed by atoms with Crippen molar-refractivity contribution in [3.63, 3.8) is 0 Å². The van der Waals surface area contributed by atoms with Crippen LogP contribution in [-0.4, -0.2) is 36.2 Å². The third-order valence-corrected chi connectivity index (χ3v) is 5.16. The van der Waals surface area contributed by atoms with Crippen LogP contribution in [0.25, 0.3) is 0 Å². The van der Waals surface area contributed by atoms with E-state index in [0.29, 0.717) is 11.4 Å². The number of thiocarbonyl (C=S) groups is 1. The van der Waals surface area contributed by atoms with Gasteiger partial charge in [-0.05, 0) is 54.7 Å². The molecule has 0 aliphatic carbocycles. The van der Waals surface area contributed by atoms with Crippen LogP contribution in [0.3, 0.4) is 0 Å². The van der Waals surface area contributed by atoms with Gasteiger partial charge in [0.1, 0.15) is 0 Å². The molecule has 2 amide bonds. The number of ether oxygens (including phenoxy) is 1. The lowest BCUT2D eigenvalue weighted by Gasteiger charge is -2.30. The van der Waals surface area contributed by atoms with Gasteiger partial charge in [0.05, 0.1) is 29.1 Å². The van der Waals surface area contributed by atoms with Gasteiger partial charge in [-0.15, -0.1) is 0 Å². The first-order valence-corrected chi connectivity index (χ1v) is 9.76. The zero-order valence-electron chi connectivity index (χ0n) is 14.9. The van der Waals surface area contributed by atoms with Gasteiger partial charge in [-0.3, -0.25) is 19.5 Å². The predicted molar refractivity (Wildman–Crippen MR) is 117 cm³/mol. The number of anilines is 1. The van der Waals surface area contributed by atoms with Crippen LogP contribution >= 0.6 is 39.7 Å². The Labute approximate surface area is 184 Å². The van der Waals surface area contributed by atoms with Crippen molar-refractivity contribution in [1.29, 1.82) is 0 Å². The molecule has 1 aliphatic rings. The van der Waals surface area contributed by atoms with Crippen LogP contribution in [0.15, 0.2) is 51.9 Å². The number of carbonyl (C=O) groups excluding carboxylic acids is 3. The molecule has 0 saturated carbocycles. The van der Waals surface area contributed by atoms with Crippen molar-refractivity contribution in [3.05, 3.63) is 57.5 Å². The zero-order valence-corrected chi connectivity index (χ0v) is 18.0. The summed E-state index contributed by atoms with van der Waals surface area (Å²) in [6, 6.07) is 11.3. The van der Waals surface area contributed by atoms with E-state index in [1.54, 1.807) is 30.3 Å². The van der Waals surface area contributed by atoms with Crippen LogP contribution in [0.5, 0.6) is 0 Å². The van der Waals surface area contributed by atoms with E-state index in [-0.39, 0.29) is 15.7 Å². The number of methoxy groups -OCH3 is 1. The van der Waals surface area contributed by atoms with E-state index < -0.39 is 23.7 Å². The molecular weight excluding hydrogens is 482 g/mol. The molecule has 1 atom stereocenters. The first-order chi connectivity index (χ1) is 13.8. The van der Waals surface area contributed by atoms with Crippen LogP contribution in [0.4, 0.5) is 11.4 Å². The minimum absolute atomic E-state index is 0.00792. The first kappa shape index (κ1) is 21.1. The number of nitrogens with one attached hydrogen (secondary N) is 1. The number of hydrogen-bond acceptors (Lipinski definition) is 6. The standard InChI is InChI=1S/C19H13BrClN3O4S/c1-28-18(27)13-8-11(4-7-15(13)21)22-9-14-16(25)23-19(29)24(17(14)26)12-5-2-10(20)3-6-12/h2-9,14H,1H3,(H,23,25,29)/t14-/m1/s1. The van der Waals surface area contributed by atoms with Gasteiger partial charge in [-0.1, -0.05) is 27.5 Å². The van der Waals surface area contributed by atoms with Crippen molar-refractivity contribution >= 4 is 80.2 Å². The number of carbonyl (C=O) groups is 3. The van der Waals surface area contributed by atoms with Gasteiger partial charge >= 0.3 is 5.97 Å². The Morgan fingerprint density at radius 1 is 1.28 bits per heavy atom. The summed E-state index contributed by atoms with van der Waals surface area (Å²) >= 11 is 14.5. The van der Waals surface area contributed by atoms with Crippen molar-refractivity contribution < 1.29 is 19.1 Å². The van der Waals surface area contributed by atoms with Gasteiger partial charge in [0.25, 0.3) is 5.91 Å². The highest BCUT2D eigenvalue weighted by Crippen LogP contribution is 2.25. The molecule has 0 bridgehead atoms. The Kier molecular flexibility index (Phi) is 6.41. The highest BCUT2D eigenvalue weighted by molar-refractivity contribution is 9.10. The number of halogens is 2. The van der Waals surface area contributed by atoms with Crippen molar-refractivity contribution in [2.45, 2.75) is 0 Å². The molecule has 0 unspecified atom stereocenters. The molecule has 3 rings (SSSR count). The van der Waals surface area contributed by atoms with Gasteiger partial charge in [0, 0.05) is 10.7 Å². The molecule has 29 heavy (non-hydrogen) atoms. The first-order valence-electron chi connectivity index (χ1n) is 8.18. The molecule has 0 spiro atoms. The SMILES string of the molecule is COC(=O)c1cc(N=C[C@@H]2C(=O)NC(=S)N(c3ccc(Br)cc3)C2=O)ccc1Cl. The Bertz CT molecular complexity index is 1040. The molecule has 1 heterocycles. The summed E-state index contributed by atoms with van der Waals surface area (Å²) in [5, 5.41) is 2.70. The maximum Gasteiger partial charge on any atom is 0.339 e. The molecule has 7 nitrogen and oxygen atoms in total. The minimum Gasteiger partial charge on any atom is -0.465 e. The molecule has 1 aliphatic heterocycles. The number of esters is 1. The average molecular weight is 495 g/mol. The highest BCUT2D eigenvalue weighted by atomic mass is 79.9. The van der Waals surface area contributed by atoms with E-state index in [4.69, 9.17) is 23.8 Å². The van der Waals surface area contributed by atoms with Crippen molar-refractivity contribution in [1.82, 2.24) is 5.32 Å². The van der Waals surface area contributed by atoms with Gasteiger partial charge in [-0.25, -0.2) is 4.79 Å². The summed E-state index contributed by atoms with van der Waals surface area (Å²) in [6.45, 7) is 0. The second-order valence-corrected chi connectivity index (χ2v) is 7.57. The van der Waals surface area contributed by atoms with E-state index in [9.17, 15) is 14.4 Å². The summed E-state index contributed by atoms with van der Waals surface area (Å²) in [5.41, 5.74) is 0.973. The molecule has 1 N–H and O–H groups in total. The fraction of sp³-hybridized carbons (Fsp3) is 0.105. The smallest absolute Gasteiger partial charge is 0.339 e. The quantitative estimate of drug-likeness (QED) is 0.303. The average Bonchev–Trinajstić information content (AvgIpc) is 2.69. The maximum absolute atomic E-state index is 12.9. The van der Waals surface area contributed by atoms with E-state index in [2.05, 4.69) is 31.0 Å². The normalized spacial score (nSPS) is 16.9. The molecule has 2 aromatic carbocycles. The van der Waals surface area contributed by atoms with E-state index in [1.165, 1.54) is 30.4 Å². The number of rotatable bonds is 4. The topological polar surface area (TPSA) is 88.1 Å². The summed E-state index contributed by atoms with van der Waals surface area (Å²) in [5.74, 6) is -2.93. The molecule has 1 saturated heterocycles. The van der Waals surface area contributed by atoms with Crippen molar-refractivity contribution in [3.8, 4) is 0 Å². The summed E-state index contributed by atoms with van der Waals surface area (Å²) in [7, 11) is 1.24. The maximum atomic E-state index is 12.9. The fourth-order valence-corrected chi connectivity index (χ4v) is 3.33. The third-order valence-electron chi connectivity index (χ3n) is 4.01. The molecule has 1 fully saturated rings. The summed E-state index contributed by atoms with van der Waals surface area (Å²) in [6.07, 6.45) is 1.20. The third kappa shape index (κ3) is 4.52. The second kappa shape index (κ2) is 8.81. The van der Waals surface area contributed by atoms with E-state index in [1.807, 2.05) is 0 Å².